The average molecular weight is 388 g/mol. The lowest BCUT2D eigenvalue weighted by Crippen LogP contribution is -2.54. The number of nitrogens with one attached hydrogen (secondary N) is 3. The van der Waals surface area contributed by atoms with Gasteiger partial charge in [0.1, 0.15) is 5.82 Å². The second-order valence-corrected chi connectivity index (χ2v) is 5.93. The number of carbonyl (C=O) groups excluding carboxylic acids is 3. The van der Waals surface area contributed by atoms with Crippen molar-refractivity contribution in [2.75, 3.05) is 26.5 Å². The second kappa shape index (κ2) is 8.96. The summed E-state index contributed by atoms with van der Waals surface area (Å²) in [5, 5.41) is 13.9. The quantitative estimate of drug-likeness (QED) is 0.338. The maximum Gasteiger partial charge on any atom is 0.275 e. The fourth-order valence-corrected chi connectivity index (χ4v) is 2.69. The molecule has 0 bridgehead atoms. The summed E-state index contributed by atoms with van der Waals surface area (Å²) in [7, 11) is 4.26. The number of benzene rings is 2. The Morgan fingerprint density at radius 3 is 2.18 bits per heavy atom. The van der Waals surface area contributed by atoms with Crippen LogP contribution in [0.15, 0.2) is 42.5 Å². The lowest BCUT2D eigenvalue weighted by molar-refractivity contribution is -0.140. The van der Waals surface area contributed by atoms with Gasteiger partial charge in [-0.05, 0) is 35.9 Å². The minimum Gasteiger partial charge on any atom is -0.388 e. The number of hydrogen-bond donors (Lipinski definition) is 4. The molecule has 0 spiro atoms. The van der Waals surface area contributed by atoms with E-state index in [0.717, 1.165) is 4.90 Å². The zero-order valence-corrected chi connectivity index (χ0v) is 15.6. The van der Waals surface area contributed by atoms with Gasteiger partial charge >= 0.3 is 0 Å². The van der Waals surface area contributed by atoms with Gasteiger partial charge in [0, 0.05) is 38.0 Å². The third kappa shape index (κ3) is 4.26. The monoisotopic (exact) mass is 388 g/mol. The van der Waals surface area contributed by atoms with Crippen molar-refractivity contribution in [2.45, 2.75) is 6.04 Å². The smallest absolute Gasteiger partial charge is 0.275 e. The SMILES string of the molecule is CNC(=O)C(C(=O)NO)N(C)C(=O)c1ccc(-c2ccc(NC)cc2F)cc1. The molecule has 9 heteroatoms. The summed E-state index contributed by atoms with van der Waals surface area (Å²) in [4.78, 5) is 37.2. The van der Waals surface area contributed by atoms with E-state index in [1.165, 1.54) is 37.8 Å². The third-order valence-electron chi connectivity index (χ3n) is 4.26. The molecular weight excluding hydrogens is 367 g/mol. The first-order valence-electron chi connectivity index (χ1n) is 8.34. The van der Waals surface area contributed by atoms with Crippen LogP contribution in [-0.2, 0) is 9.59 Å². The Morgan fingerprint density at radius 2 is 1.68 bits per heavy atom. The number of rotatable bonds is 6. The molecule has 28 heavy (non-hydrogen) atoms. The van der Waals surface area contributed by atoms with E-state index in [9.17, 15) is 18.8 Å². The molecule has 0 saturated carbocycles. The van der Waals surface area contributed by atoms with Crippen molar-refractivity contribution in [2.24, 2.45) is 0 Å². The van der Waals surface area contributed by atoms with Crippen LogP contribution in [0.2, 0.25) is 0 Å². The predicted molar refractivity (Wildman–Crippen MR) is 101 cm³/mol. The number of likely N-dealkylation sites (N-methyl/N-ethyl adjacent to an activating group) is 2. The van der Waals surface area contributed by atoms with Gasteiger partial charge in [0.2, 0.25) is 0 Å². The molecule has 1 unspecified atom stereocenters. The molecule has 3 amide bonds. The molecule has 2 aromatic rings. The predicted octanol–water partition coefficient (Wildman–Crippen LogP) is 1.23. The molecule has 148 valence electrons. The van der Waals surface area contributed by atoms with Gasteiger partial charge in [-0.25, -0.2) is 9.87 Å². The molecule has 4 N–H and O–H groups in total. The minimum atomic E-state index is -1.55. The molecule has 2 aromatic carbocycles. The topological polar surface area (TPSA) is 111 Å². The van der Waals surface area contributed by atoms with Crippen molar-refractivity contribution >= 4 is 23.4 Å². The molecule has 0 heterocycles. The Bertz CT molecular complexity index is 870. The second-order valence-electron chi connectivity index (χ2n) is 5.93. The number of amides is 3. The normalized spacial score (nSPS) is 11.3. The van der Waals surface area contributed by atoms with E-state index in [4.69, 9.17) is 5.21 Å². The third-order valence-corrected chi connectivity index (χ3v) is 4.26. The van der Waals surface area contributed by atoms with E-state index in [2.05, 4.69) is 10.6 Å². The van der Waals surface area contributed by atoms with Crippen LogP contribution in [0.5, 0.6) is 0 Å². The van der Waals surface area contributed by atoms with Crippen molar-refractivity contribution in [1.82, 2.24) is 15.7 Å². The number of hydroxylamine groups is 1. The number of nitrogens with zero attached hydrogens (tertiary/aromatic N) is 1. The zero-order chi connectivity index (χ0) is 20.8. The number of anilines is 1. The molecular formula is C19H21FN4O4. The molecule has 1 atom stereocenters. The van der Waals surface area contributed by atoms with Crippen molar-refractivity contribution in [3.63, 3.8) is 0 Å². The van der Waals surface area contributed by atoms with Crippen LogP contribution in [0.3, 0.4) is 0 Å². The van der Waals surface area contributed by atoms with Crippen molar-refractivity contribution in [1.29, 1.82) is 0 Å². The van der Waals surface area contributed by atoms with Crippen molar-refractivity contribution < 1.29 is 24.0 Å². The number of carbonyl (C=O) groups is 3. The molecule has 0 radical (unpaired) electrons. The van der Waals surface area contributed by atoms with Gasteiger partial charge in [-0.1, -0.05) is 12.1 Å². The maximum absolute atomic E-state index is 14.2. The molecule has 8 nitrogen and oxygen atoms in total. The first-order chi connectivity index (χ1) is 13.3. The molecule has 0 aromatic heterocycles. The Morgan fingerprint density at radius 1 is 1.04 bits per heavy atom. The summed E-state index contributed by atoms with van der Waals surface area (Å²) in [6, 6.07) is 9.25. The molecule has 0 aliphatic rings. The Kier molecular flexibility index (Phi) is 6.67. The highest BCUT2D eigenvalue weighted by Gasteiger charge is 2.33. The summed E-state index contributed by atoms with van der Waals surface area (Å²) in [5.41, 5.74) is 3.14. The van der Waals surface area contributed by atoms with E-state index >= 15 is 0 Å². The summed E-state index contributed by atoms with van der Waals surface area (Å²) < 4.78 is 14.2. The molecule has 0 aliphatic carbocycles. The fraction of sp³-hybridized carbons (Fsp3) is 0.211. The van der Waals surface area contributed by atoms with Gasteiger partial charge in [-0.3, -0.25) is 19.6 Å². The highest BCUT2D eigenvalue weighted by molar-refractivity contribution is 6.08. The zero-order valence-electron chi connectivity index (χ0n) is 15.6. The van der Waals surface area contributed by atoms with Crippen molar-refractivity contribution in [3.05, 3.63) is 53.8 Å². The van der Waals surface area contributed by atoms with E-state index in [-0.39, 0.29) is 5.56 Å². The largest absolute Gasteiger partial charge is 0.388 e. The van der Waals surface area contributed by atoms with E-state index in [1.807, 2.05) is 0 Å². The molecule has 0 aliphatic heterocycles. The summed E-state index contributed by atoms with van der Waals surface area (Å²) >= 11 is 0. The molecule has 2 rings (SSSR count). The van der Waals surface area contributed by atoms with Gasteiger partial charge in [0.25, 0.3) is 17.7 Å². The number of hydrogen-bond acceptors (Lipinski definition) is 5. The van der Waals surface area contributed by atoms with Crippen LogP contribution in [-0.4, -0.2) is 55.0 Å². The number of halogens is 1. The lowest BCUT2D eigenvalue weighted by atomic mass is 10.0. The van der Waals surface area contributed by atoms with E-state index < -0.39 is 29.6 Å². The Balaban J connectivity index is 2.27. The summed E-state index contributed by atoms with van der Waals surface area (Å²) in [6.07, 6.45) is 0. The van der Waals surface area contributed by atoms with Crippen LogP contribution in [0.1, 0.15) is 10.4 Å². The molecule has 0 fully saturated rings. The summed E-state index contributed by atoms with van der Waals surface area (Å²) in [5.74, 6) is -2.83. The van der Waals surface area contributed by atoms with Gasteiger partial charge in [0.15, 0.2) is 6.04 Å². The molecule has 0 saturated heterocycles. The van der Waals surface area contributed by atoms with Gasteiger partial charge in [0.05, 0.1) is 0 Å². The van der Waals surface area contributed by atoms with Crippen molar-refractivity contribution in [3.8, 4) is 11.1 Å². The first-order valence-corrected chi connectivity index (χ1v) is 8.34. The minimum absolute atomic E-state index is 0.193. The summed E-state index contributed by atoms with van der Waals surface area (Å²) in [6.45, 7) is 0. The Labute approximate surface area is 161 Å². The first kappa shape index (κ1) is 20.8. The lowest BCUT2D eigenvalue weighted by Gasteiger charge is -2.25. The van der Waals surface area contributed by atoms with Crippen LogP contribution in [0, 0.1) is 5.82 Å². The highest BCUT2D eigenvalue weighted by atomic mass is 19.1. The van der Waals surface area contributed by atoms with Crippen LogP contribution in [0.25, 0.3) is 11.1 Å². The van der Waals surface area contributed by atoms with Crippen LogP contribution in [0.4, 0.5) is 10.1 Å². The maximum atomic E-state index is 14.2. The van der Waals surface area contributed by atoms with Gasteiger partial charge < -0.3 is 15.5 Å². The van der Waals surface area contributed by atoms with Gasteiger partial charge in [-0.2, -0.15) is 0 Å². The van der Waals surface area contributed by atoms with Gasteiger partial charge in [-0.15, -0.1) is 0 Å². The van der Waals surface area contributed by atoms with Crippen LogP contribution < -0.4 is 16.1 Å². The van der Waals surface area contributed by atoms with E-state index in [0.29, 0.717) is 16.8 Å². The van der Waals surface area contributed by atoms with Crippen LogP contribution >= 0.6 is 0 Å². The average Bonchev–Trinajstić information content (AvgIpc) is 2.72. The Hall–Kier alpha value is -3.46. The fourth-order valence-electron chi connectivity index (χ4n) is 2.69. The highest BCUT2D eigenvalue weighted by Crippen LogP contribution is 2.26. The standard InChI is InChI=1S/C19H21FN4O4/c1-21-13-8-9-14(15(20)10-13)11-4-6-12(7-5-11)19(27)24(3)16(17(25)22-2)18(26)23-28/h4-10,16,21,28H,1-3H3,(H,22,25)(H,23,26). The van der Waals surface area contributed by atoms with E-state index in [1.54, 1.807) is 31.3 Å².